The summed E-state index contributed by atoms with van der Waals surface area (Å²) in [6, 6.07) is 0. The van der Waals surface area contributed by atoms with Crippen molar-refractivity contribution in [2.75, 3.05) is 0 Å². The molecule has 90 valence electrons. The molecule has 0 aliphatic carbocycles. The summed E-state index contributed by atoms with van der Waals surface area (Å²) >= 11 is 0. The van der Waals surface area contributed by atoms with Crippen LogP contribution in [0.1, 0.15) is 39.0 Å². The minimum absolute atomic E-state index is 0.164. The van der Waals surface area contributed by atoms with Gasteiger partial charge in [-0.05, 0) is 27.2 Å². The second-order valence-electron chi connectivity index (χ2n) is 4.79. The molecule has 0 saturated heterocycles. The van der Waals surface area contributed by atoms with Crippen LogP contribution in [0.3, 0.4) is 0 Å². The summed E-state index contributed by atoms with van der Waals surface area (Å²) in [4.78, 5) is 4.55. The van der Waals surface area contributed by atoms with Gasteiger partial charge in [0.1, 0.15) is 5.84 Å². The van der Waals surface area contributed by atoms with Gasteiger partial charge in [0.05, 0.1) is 16.8 Å². The Morgan fingerprint density at radius 1 is 1.56 bits per heavy atom. The van der Waals surface area contributed by atoms with Crippen LogP contribution in [-0.2, 0) is 13.5 Å². The van der Waals surface area contributed by atoms with E-state index in [-0.39, 0.29) is 5.54 Å². The molecule has 1 aromatic heterocycles. The summed E-state index contributed by atoms with van der Waals surface area (Å²) in [5.74, 6) is 6.22. The smallest absolute Gasteiger partial charge is 0.146 e. The summed E-state index contributed by atoms with van der Waals surface area (Å²) < 4.78 is 1.78. The van der Waals surface area contributed by atoms with E-state index in [0.717, 1.165) is 17.7 Å². The Kier molecular flexibility index (Phi) is 3.70. The van der Waals surface area contributed by atoms with Crippen molar-refractivity contribution in [2.45, 2.75) is 39.7 Å². The quantitative estimate of drug-likeness (QED) is 0.340. The number of aliphatic imine (C=N–C) groups is 1. The molecule has 1 heterocycles. The Labute approximate surface area is 96.7 Å². The lowest BCUT2D eigenvalue weighted by Gasteiger charge is -2.15. The molecule has 0 aromatic carbocycles. The van der Waals surface area contributed by atoms with Crippen molar-refractivity contribution >= 4 is 5.84 Å². The Morgan fingerprint density at radius 3 is 2.62 bits per heavy atom. The SMILES string of the molecule is CCc1nn(C)cc1C(=NC(C)(C)C)NN. The molecule has 0 fully saturated rings. The van der Waals surface area contributed by atoms with Gasteiger partial charge in [-0.1, -0.05) is 6.92 Å². The highest BCUT2D eigenvalue weighted by atomic mass is 15.3. The van der Waals surface area contributed by atoms with E-state index in [4.69, 9.17) is 5.84 Å². The number of amidine groups is 1. The lowest BCUT2D eigenvalue weighted by Crippen LogP contribution is -2.34. The highest BCUT2D eigenvalue weighted by molar-refractivity contribution is 5.99. The normalized spacial score (nSPS) is 13.0. The van der Waals surface area contributed by atoms with E-state index >= 15 is 0 Å². The van der Waals surface area contributed by atoms with Gasteiger partial charge >= 0.3 is 0 Å². The first-order chi connectivity index (χ1) is 7.37. The average Bonchev–Trinajstić information content (AvgIpc) is 2.54. The van der Waals surface area contributed by atoms with Crippen LogP contribution < -0.4 is 11.3 Å². The fourth-order valence-corrected chi connectivity index (χ4v) is 1.50. The maximum absolute atomic E-state index is 5.53. The maximum Gasteiger partial charge on any atom is 0.146 e. The summed E-state index contributed by atoms with van der Waals surface area (Å²) in [5, 5.41) is 4.37. The predicted molar refractivity (Wildman–Crippen MR) is 66.2 cm³/mol. The molecule has 16 heavy (non-hydrogen) atoms. The highest BCUT2D eigenvalue weighted by Crippen LogP contribution is 2.12. The van der Waals surface area contributed by atoms with Gasteiger partial charge in [-0.2, -0.15) is 5.10 Å². The molecule has 0 unspecified atom stereocenters. The van der Waals surface area contributed by atoms with Crippen LogP contribution in [0.15, 0.2) is 11.2 Å². The van der Waals surface area contributed by atoms with Gasteiger partial charge in [-0.25, -0.2) is 5.84 Å². The molecule has 5 nitrogen and oxygen atoms in total. The molecule has 0 spiro atoms. The number of aromatic nitrogens is 2. The molecular formula is C11H21N5. The van der Waals surface area contributed by atoms with Gasteiger partial charge in [-0.3, -0.25) is 9.67 Å². The van der Waals surface area contributed by atoms with E-state index in [2.05, 4.69) is 22.4 Å². The van der Waals surface area contributed by atoms with Crippen molar-refractivity contribution in [2.24, 2.45) is 17.9 Å². The lowest BCUT2D eigenvalue weighted by atomic mass is 10.1. The molecule has 0 saturated carbocycles. The van der Waals surface area contributed by atoms with Crippen LogP contribution in [0, 0.1) is 0 Å². The summed E-state index contributed by atoms with van der Waals surface area (Å²) in [5.41, 5.74) is 4.47. The Hall–Kier alpha value is -1.36. The van der Waals surface area contributed by atoms with Gasteiger partial charge in [0.25, 0.3) is 0 Å². The molecule has 1 aromatic rings. The first kappa shape index (κ1) is 12.7. The van der Waals surface area contributed by atoms with E-state index in [1.54, 1.807) is 4.68 Å². The van der Waals surface area contributed by atoms with E-state index in [9.17, 15) is 0 Å². The fourth-order valence-electron chi connectivity index (χ4n) is 1.50. The highest BCUT2D eigenvalue weighted by Gasteiger charge is 2.15. The van der Waals surface area contributed by atoms with Crippen molar-refractivity contribution in [3.8, 4) is 0 Å². The van der Waals surface area contributed by atoms with Gasteiger partial charge < -0.3 is 5.43 Å². The number of nitrogens with two attached hydrogens (primary N) is 1. The number of rotatable bonds is 2. The van der Waals surface area contributed by atoms with Crippen molar-refractivity contribution in [3.63, 3.8) is 0 Å². The average molecular weight is 223 g/mol. The first-order valence-corrected chi connectivity index (χ1v) is 5.46. The van der Waals surface area contributed by atoms with Crippen LogP contribution in [0.5, 0.6) is 0 Å². The zero-order valence-corrected chi connectivity index (χ0v) is 10.7. The monoisotopic (exact) mass is 223 g/mol. The Balaban J connectivity index is 3.18. The molecule has 0 aliphatic rings. The van der Waals surface area contributed by atoms with Gasteiger partial charge in [0.15, 0.2) is 0 Å². The minimum Gasteiger partial charge on any atom is -0.308 e. The topological polar surface area (TPSA) is 68.2 Å². The van der Waals surface area contributed by atoms with Crippen molar-refractivity contribution in [3.05, 3.63) is 17.5 Å². The number of hydrogen-bond donors (Lipinski definition) is 2. The predicted octanol–water partition coefficient (Wildman–Crippen LogP) is 0.991. The third kappa shape index (κ3) is 3.06. The Bertz CT molecular complexity index is 384. The number of hydrogen-bond acceptors (Lipinski definition) is 3. The maximum atomic E-state index is 5.53. The van der Waals surface area contributed by atoms with Crippen molar-refractivity contribution in [1.82, 2.24) is 15.2 Å². The largest absolute Gasteiger partial charge is 0.308 e. The minimum atomic E-state index is -0.164. The molecule has 0 aliphatic heterocycles. The van der Waals surface area contributed by atoms with Crippen LogP contribution >= 0.6 is 0 Å². The van der Waals surface area contributed by atoms with Crippen molar-refractivity contribution < 1.29 is 0 Å². The van der Waals surface area contributed by atoms with E-state index in [1.807, 2.05) is 34.0 Å². The third-order valence-electron chi connectivity index (χ3n) is 2.08. The molecule has 1 rings (SSSR count). The van der Waals surface area contributed by atoms with Gasteiger partial charge in [-0.15, -0.1) is 0 Å². The zero-order chi connectivity index (χ0) is 12.3. The standard InChI is InChI=1S/C11H21N5/c1-6-9-8(7-16(5)15-9)10(14-12)13-11(2,3)4/h7H,6,12H2,1-5H3,(H,13,14). The molecule has 0 radical (unpaired) electrons. The van der Waals surface area contributed by atoms with Crippen LogP contribution in [0.2, 0.25) is 0 Å². The van der Waals surface area contributed by atoms with E-state index in [0.29, 0.717) is 5.84 Å². The molecule has 0 amide bonds. The second kappa shape index (κ2) is 4.65. The van der Waals surface area contributed by atoms with E-state index < -0.39 is 0 Å². The number of nitrogens with one attached hydrogen (secondary N) is 1. The van der Waals surface area contributed by atoms with Crippen molar-refractivity contribution in [1.29, 1.82) is 0 Å². The van der Waals surface area contributed by atoms with Crippen LogP contribution in [-0.4, -0.2) is 21.2 Å². The molecule has 0 atom stereocenters. The lowest BCUT2D eigenvalue weighted by molar-refractivity contribution is 0.580. The van der Waals surface area contributed by atoms with E-state index in [1.165, 1.54) is 0 Å². The first-order valence-electron chi connectivity index (χ1n) is 5.46. The number of aryl methyl sites for hydroxylation is 2. The Morgan fingerprint density at radius 2 is 2.19 bits per heavy atom. The summed E-state index contributed by atoms with van der Waals surface area (Å²) in [7, 11) is 1.90. The molecule has 0 bridgehead atoms. The van der Waals surface area contributed by atoms with Gasteiger partial charge in [0, 0.05) is 13.2 Å². The molecule has 3 N–H and O–H groups in total. The molecular weight excluding hydrogens is 202 g/mol. The van der Waals surface area contributed by atoms with Gasteiger partial charge in [0.2, 0.25) is 0 Å². The molecule has 5 heteroatoms. The third-order valence-corrected chi connectivity index (χ3v) is 2.08. The second-order valence-corrected chi connectivity index (χ2v) is 4.79. The zero-order valence-electron chi connectivity index (χ0n) is 10.7. The summed E-state index contributed by atoms with van der Waals surface area (Å²) in [6.07, 6.45) is 2.80. The number of hydrazine groups is 1. The summed E-state index contributed by atoms with van der Waals surface area (Å²) in [6.45, 7) is 8.17. The fraction of sp³-hybridized carbons (Fsp3) is 0.636. The number of nitrogens with zero attached hydrogens (tertiary/aromatic N) is 3. The van der Waals surface area contributed by atoms with Crippen LogP contribution in [0.4, 0.5) is 0 Å². The van der Waals surface area contributed by atoms with Crippen LogP contribution in [0.25, 0.3) is 0 Å².